The zero-order chi connectivity index (χ0) is 13.9. The first-order chi connectivity index (χ1) is 9.78. The van der Waals surface area contributed by atoms with E-state index in [0.29, 0.717) is 23.8 Å². The highest BCUT2D eigenvalue weighted by atomic mass is 16.1. The molecule has 1 saturated carbocycles. The minimum Gasteiger partial charge on any atom is -0.354 e. The van der Waals surface area contributed by atoms with E-state index < -0.39 is 0 Å². The van der Waals surface area contributed by atoms with Gasteiger partial charge in [-0.25, -0.2) is 0 Å². The number of nitrogens with one attached hydrogen (secondary N) is 1. The first kappa shape index (κ1) is 13.9. The SMILES string of the molecule is C#C[C@H]1CN2CC[C@@H]1C[C@@H]2CNC(=O)C1CCCCC1. The van der Waals surface area contributed by atoms with Crippen molar-refractivity contribution in [2.75, 3.05) is 19.6 Å². The number of amides is 1. The van der Waals surface area contributed by atoms with Gasteiger partial charge in [-0.2, -0.15) is 0 Å². The lowest BCUT2D eigenvalue weighted by Crippen LogP contribution is -2.56. The molecule has 0 aromatic heterocycles. The Hall–Kier alpha value is -1.01. The molecule has 3 nitrogen and oxygen atoms in total. The molecule has 20 heavy (non-hydrogen) atoms. The van der Waals surface area contributed by atoms with Crippen LogP contribution in [0.15, 0.2) is 0 Å². The van der Waals surface area contributed by atoms with Gasteiger partial charge in [0, 0.05) is 31.0 Å². The molecule has 4 rings (SSSR count). The minimum atomic E-state index is 0.276. The molecule has 0 spiro atoms. The first-order valence-corrected chi connectivity index (χ1v) is 8.26. The van der Waals surface area contributed by atoms with Crippen molar-refractivity contribution in [3.05, 3.63) is 0 Å². The van der Waals surface area contributed by atoms with Gasteiger partial charge in [0.2, 0.25) is 5.91 Å². The molecule has 3 aliphatic heterocycles. The van der Waals surface area contributed by atoms with Crippen molar-refractivity contribution in [3.63, 3.8) is 0 Å². The summed E-state index contributed by atoms with van der Waals surface area (Å²) in [5.74, 6) is 4.63. The highest BCUT2D eigenvalue weighted by molar-refractivity contribution is 5.78. The van der Waals surface area contributed by atoms with Crippen LogP contribution >= 0.6 is 0 Å². The van der Waals surface area contributed by atoms with Gasteiger partial charge in [-0.15, -0.1) is 12.3 Å². The van der Waals surface area contributed by atoms with Crippen LogP contribution in [0, 0.1) is 30.1 Å². The average Bonchev–Trinajstić information content (AvgIpc) is 2.53. The summed E-state index contributed by atoms with van der Waals surface area (Å²) in [5.41, 5.74) is 0. The summed E-state index contributed by atoms with van der Waals surface area (Å²) in [6.45, 7) is 3.01. The van der Waals surface area contributed by atoms with Crippen LogP contribution in [0.25, 0.3) is 0 Å². The van der Waals surface area contributed by atoms with Gasteiger partial charge in [0.1, 0.15) is 0 Å². The molecule has 0 aromatic rings. The topological polar surface area (TPSA) is 32.3 Å². The predicted octanol–water partition coefficient (Wildman–Crippen LogP) is 2.03. The summed E-state index contributed by atoms with van der Waals surface area (Å²) < 4.78 is 0. The van der Waals surface area contributed by atoms with Crippen LogP contribution in [-0.4, -0.2) is 36.5 Å². The minimum absolute atomic E-state index is 0.276. The van der Waals surface area contributed by atoms with Gasteiger partial charge >= 0.3 is 0 Å². The Morgan fingerprint density at radius 3 is 2.70 bits per heavy atom. The van der Waals surface area contributed by atoms with Crippen LogP contribution in [0.1, 0.15) is 44.9 Å². The molecule has 1 N–H and O–H groups in total. The second-order valence-electron chi connectivity index (χ2n) is 6.79. The largest absolute Gasteiger partial charge is 0.354 e. The maximum Gasteiger partial charge on any atom is 0.223 e. The molecule has 3 heterocycles. The fourth-order valence-electron chi connectivity index (χ4n) is 4.27. The molecule has 0 radical (unpaired) electrons. The zero-order valence-corrected chi connectivity index (χ0v) is 12.3. The smallest absolute Gasteiger partial charge is 0.223 e. The standard InChI is InChI=1S/C17H26N2O/c1-2-13-12-19-9-8-15(13)10-16(19)11-18-17(20)14-6-4-3-5-7-14/h1,13-16H,3-12H2,(H,18,20)/t13-,15+,16+/m0/s1. The van der Waals surface area contributed by atoms with Crippen LogP contribution in [0.3, 0.4) is 0 Å². The van der Waals surface area contributed by atoms with Gasteiger partial charge in [-0.1, -0.05) is 19.3 Å². The monoisotopic (exact) mass is 274 g/mol. The molecule has 4 atom stereocenters. The quantitative estimate of drug-likeness (QED) is 0.799. The van der Waals surface area contributed by atoms with Crippen molar-refractivity contribution in [3.8, 4) is 12.3 Å². The summed E-state index contributed by atoms with van der Waals surface area (Å²) in [4.78, 5) is 14.7. The molecule has 4 aliphatic rings. The Morgan fingerprint density at radius 1 is 1.25 bits per heavy atom. The third-order valence-corrected chi connectivity index (χ3v) is 5.58. The van der Waals surface area contributed by atoms with E-state index in [1.54, 1.807) is 0 Å². The lowest BCUT2D eigenvalue weighted by molar-refractivity contribution is -0.126. The van der Waals surface area contributed by atoms with Gasteiger partial charge in [0.05, 0.1) is 0 Å². The van der Waals surface area contributed by atoms with Crippen LogP contribution in [0.2, 0.25) is 0 Å². The van der Waals surface area contributed by atoms with E-state index in [1.165, 1.54) is 32.1 Å². The molecule has 1 aliphatic carbocycles. The van der Waals surface area contributed by atoms with Gasteiger partial charge in [-0.3, -0.25) is 9.69 Å². The summed E-state index contributed by atoms with van der Waals surface area (Å²) in [7, 11) is 0. The van der Waals surface area contributed by atoms with E-state index in [0.717, 1.165) is 32.5 Å². The fourth-order valence-corrected chi connectivity index (χ4v) is 4.27. The summed E-state index contributed by atoms with van der Waals surface area (Å²) in [6, 6.07) is 0.519. The number of carbonyl (C=O) groups excluding carboxylic acids is 1. The van der Waals surface area contributed by atoms with Crippen LogP contribution in [-0.2, 0) is 4.79 Å². The van der Waals surface area contributed by atoms with Crippen molar-refractivity contribution in [1.82, 2.24) is 10.2 Å². The zero-order valence-electron chi connectivity index (χ0n) is 12.3. The van der Waals surface area contributed by atoms with Crippen LogP contribution < -0.4 is 5.32 Å². The van der Waals surface area contributed by atoms with E-state index in [1.807, 2.05) is 0 Å². The van der Waals surface area contributed by atoms with E-state index in [-0.39, 0.29) is 5.92 Å². The lowest BCUT2D eigenvalue weighted by Gasteiger charge is -2.48. The second kappa shape index (κ2) is 6.18. The molecule has 2 bridgehead atoms. The number of hydrogen-bond donors (Lipinski definition) is 1. The molecule has 1 unspecified atom stereocenters. The van der Waals surface area contributed by atoms with Crippen LogP contribution in [0.5, 0.6) is 0 Å². The third kappa shape index (κ3) is 2.86. The first-order valence-electron chi connectivity index (χ1n) is 8.26. The number of fused-ring (bicyclic) bond motifs is 3. The summed E-state index contributed by atoms with van der Waals surface area (Å²) in [5, 5.41) is 3.21. The number of hydrogen-bond acceptors (Lipinski definition) is 2. The number of terminal acetylenes is 1. The number of carbonyl (C=O) groups is 1. The van der Waals surface area contributed by atoms with Crippen LogP contribution in [0.4, 0.5) is 0 Å². The van der Waals surface area contributed by atoms with Gasteiger partial charge in [0.15, 0.2) is 0 Å². The van der Waals surface area contributed by atoms with Crippen molar-refractivity contribution in [2.24, 2.45) is 17.8 Å². The second-order valence-corrected chi connectivity index (χ2v) is 6.79. The molecule has 1 amide bonds. The van der Waals surface area contributed by atoms with E-state index in [4.69, 9.17) is 6.42 Å². The number of nitrogens with zero attached hydrogens (tertiary/aromatic N) is 1. The molecule has 4 fully saturated rings. The highest BCUT2D eigenvalue weighted by Gasteiger charge is 2.39. The summed E-state index contributed by atoms with van der Waals surface area (Å²) in [6.07, 6.45) is 13.9. The Balaban J connectivity index is 1.47. The Kier molecular flexibility index (Phi) is 4.31. The highest BCUT2D eigenvalue weighted by Crippen LogP contribution is 2.35. The maximum atomic E-state index is 12.2. The molecule has 3 saturated heterocycles. The van der Waals surface area contributed by atoms with Gasteiger partial charge in [-0.05, 0) is 38.1 Å². The maximum absolute atomic E-state index is 12.2. The van der Waals surface area contributed by atoms with Gasteiger partial charge < -0.3 is 5.32 Å². The number of piperidine rings is 3. The molecule has 3 heteroatoms. The third-order valence-electron chi connectivity index (χ3n) is 5.58. The Morgan fingerprint density at radius 2 is 2.05 bits per heavy atom. The fraction of sp³-hybridized carbons (Fsp3) is 0.824. The van der Waals surface area contributed by atoms with Gasteiger partial charge in [0.25, 0.3) is 0 Å². The molecular formula is C17H26N2O. The molecular weight excluding hydrogens is 248 g/mol. The van der Waals surface area contributed by atoms with Crippen molar-refractivity contribution >= 4 is 5.91 Å². The van der Waals surface area contributed by atoms with E-state index in [2.05, 4.69) is 16.1 Å². The van der Waals surface area contributed by atoms with Crippen molar-refractivity contribution in [2.45, 2.75) is 51.0 Å². The Labute approximate surface area is 122 Å². The van der Waals surface area contributed by atoms with E-state index in [9.17, 15) is 4.79 Å². The van der Waals surface area contributed by atoms with Crippen molar-refractivity contribution < 1.29 is 4.79 Å². The number of rotatable bonds is 3. The Bertz CT molecular complexity index is 394. The lowest BCUT2D eigenvalue weighted by atomic mass is 9.76. The van der Waals surface area contributed by atoms with Crippen molar-refractivity contribution in [1.29, 1.82) is 0 Å². The predicted molar refractivity (Wildman–Crippen MR) is 80.0 cm³/mol. The average molecular weight is 274 g/mol. The normalized spacial score (nSPS) is 37.4. The molecule has 110 valence electrons. The molecule has 0 aromatic carbocycles. The summed E-state index contributed by atoms with van der Waals surface area (Å²) >= 11 is 0. The van der Waals surface area contributed by atoms with E-state index >= 15 is 0 Å².